The van der Waals surface area contributed by atoms with Gasteiger partial charge in [0.1, 0.15) is 5.75 Å². The van der Waals surface area contributed by atoms with Gasteiger partial charge < -0.3 is 28.5 Å². The molecule has 0 bridgehead atoms. The van der Waals surface area contributed by atoms with E-state index in [1.165, 1.54) is 0 Å². The van der Waals surface area contributed by atoms with Gasteiger partial charge in [0.05, 0.1) is 26.4 Å². The van der Waals surface area contributed by atoms with E-state index in [-0.39, 0.29) is 33.8 Å². The zero-order valence-corrected chi connectivity index (χ0v) is 31.3. The summed E-state index contributed by atoms with van der Waals surface area (Å²) in [6.07, 6.45) is 1.49. The average molecular weight is 613 g/mol. The standard InChI is InChI=1S/C33H64O6Si2/c1-22(21-38-40(13,14)32(5,6)7)17-18-27(34)24(3)30(39-41(15,16)33(8,9)10)23(2)19-26-20-28(36-11)25(4)31(37-12)29(26)35/h20,22-24,27,30,34-35H,17-19,21H2,1-16H3/t22-,23-,24-,27+,30+/m0/s1. The predicted octanol–water partition coefficient (Wildman–Crippen LogP) is 8.72. The Kier molecular flexibility index (Phi) is 13.5. The molecule has 0 spiro atoms. The largest absolute Gasteiger partial charge is 0.504 e. The van der Waals surface area contributed by atoms with Crippen LogP contribution < -0.4 is 9.47 Å². The maximum absolute atomic E-state index is 11.5. The van der Waals surface area contributed by atoms with Gasteiger partial charge in [0.25, 0.3) is 0 Å². The van der Waals surface area contributed by atoms with Crippen molar-refractivity contribution in [3.05, 3.63) is 17.2 Å². The zero-order valence-electron chi connectivity index (χ0n) is 29.3. The Morgan fingerprint density at radius 1 is 0.854 bits per heavy atom. The topological polar surface area (TPSA) is 77.4 Å². The Balaban J connectivity index is 3.18. The molecule has 0 aliphatic heterocycles. The smallest absolute Gasteiger partial charge is 0.192 e. The maximum atomic E-state index is 11.5. The first-order valence-electron chi connectivity index (χ1n) is 15.4. The number of benzene rings is 1. The van der Waals surface area contributed by atoms with Crippen LogP contribution in [0.4, 0.5) is 0 Å². The highest BCUT2D eigenvalue weighted by Gasteiger charge is 2.43. The summed E-state index contributed by atoms with van der Waals surface area (Å²) < 4.78 is 24.6. The zero-order chi connectivity index (χ0) is 32.1. The summed E-state index contributed by atoms with van der Waals surface area (Å²) in [7, 11) is -0.753. The van der Waals surface area contributed by atoms with E-state index in [1.54, 1.807) is 14.2 Å². The fraction of sp³-hybridized carbons (Fsp3) is 0.818. The molecule has 0 radical (unpaired) electrons. The van der Waals surface area contributed by atoms with Crippen molar-refractivity contribution in [2.24, 2.45) is 17.8 Å². The van der Waals surface area contributed by atoms with Crippen LogP contribution in [-0.4, -0.2) is 59.9 Å². The average Bonchev–Trinajstić information content (AvgIpc) is 2.84. The molecule has 5 atom stereocenters. The third-order valence-electron chi connectivity index (χ3n) is 9.91. The minimum absolute atomic E-state index is 0.0314. The molecule has 0 unspecified atom stereocenters. The number of aliphatic hydroxyl groups is 1. The lowest BCUT2D eigenvalue weighted by molar-refractivity contribution is -0.00491. The first-order valence-corrected chi connectivity index (χ1v) is 21.3. The van der Waals surface area contributed by atoms with Crippen molar-refractivity contribution in [3.63, 3.8) is 0 Å². The van der Waals surface area contributed by atoms with Gasteiger partial charge in [-0.15, -0.1) is 0 Å². The molecular weight excluding hydrogens is 549 g/mol. The van der Waals surface area contributed by atoms with Gasteiger partial charge in [-0.3, -0.25) is 0 Å². The van der Waals surface area contributed by atoms with Crippen LogP contribution in [0.3, 0.4) is 0 Å². The van der Waals surface area contributed by atoms with Gasteiger partial charge >= 0.3 is 0 Å². The summed E-state index contributed by atoms with van der Waals surface area (Å²) in [6.45, 7) is 31.7. The maximum Gasteiger partial charge on any atom is 0.192 e. The van der Waals surface area contributed by atoms with E-state index in [0.29, 0.717) is 30.3 Å². The SMILES string of the molecule is COc1cc(C[C@H](C)[C@@H](O[Si](C)(C)C(C)(C)C)[C@@H](C)[C@H](O)CC[C@H](C)CO[Si](C)(C)C(C)(C)C)c(O)c(OC)c1C. The van der Waals surface area contributed by atoms with Crippen LogP contribution in [0.15, 0.2) is 6.07 Å². The van der Waals surface area contributed by atoms with Crippen molar-refractivity contribution in [2.75, 3.05) is 20.8 Å². The molecule has 0 aliphatic carbocycles. The fourth-order valence-electron chi connectivity index (χ4n) is 4.70. The van der Waals surface area contributed by atoms with Crippen LogP contribution in [0.5, 0.6) is 17.2 Å². The first-order chi connectivity index (χ1) is 18.5. The Morgan fingerprint density at radius 2 is 1.39 bits per heavy atom. The third-order valence-corrected chi connectivity index (χ3v) is 18.9. The number of methoxy groups -OCH3 is 2. The molecule has 0 heterocycles. The molecule has 8 heteroatoms. The Labute approximate surface area is 254 Å². The van der Waals surface area contributed by atoms with Gasteiger partial charge in [0.2, 0.25) is 0 Å². The van der Waals surface area contributed by atoms with E-state index in [0.717, 1.165) is 24.2 Å². The Bertz CT molecular complexity index is 964. The summed E-state index contributed by atoms with van der Waals surface area (Å²) in [5.41, 5.74) is 1.53. The second-order valence-corrected chi connectivity index (χ2v) is 25.0. The van der Waals surface area contributed by atoms with Crippen LogP contribution in [0, 0.1) is 24.7 Å². The van der Waals surface area contributed by atoms with Gasteiger partial charge in [0, 0.05) is 23.7 Å². The van der Waals surface area contributed by atoms with Crippen LogP contribution in [0.25, 0.3) is 0 Å². The van der Waals surface area contributed by atoms with Crippen molar-refractivity contribution in [1.29, 1.82) is 0 Å². The van der Waals surface area contributed by atoms with Crippen LogP contribution in [-0.2, 0) is 15.3 Å². The minimum atomic E-state index is -2.15. The van der Waals surface area contributed by atoms with Gasteiger partial charge in [-0.2, -0.15) is 0 Å². The number of rotatable bonds is 15. The molecule has 0 saturated heterocycles. The summed E-state index contributed by atoms with van der Waals surface area (Å²) in [5.74, 6) is 1.60. The van der Waals surface area contributed by atoms with Crippen molar-refractivity contribution in [1.82, 2.24) is 0 Å². The predicted molar refractivity (Wildman–Crippen MR) is 178 cm³/mol. The van der Waals surface area contributed by atoms with Crippen LogP contribution in [0.1, 0.15) is 86.3 Å². The molecule has 2 N–H and O–H groups in total. The van der Waals surface area contributed by atoms with Gasteiger partial charge in [-0.25, -0.2) is 0 Å². The summed E-state index contributed by atoms with van der Waals surface area (Å²) in [5, 5.41) is 22.8. The molecule has 0 saturated carbocycles. The van der Waals surface area contributed by atoms with E-state index in [1.807, 2.05) is 13.0 Å². The monoisotopic (exact) mass is 612 g/mol. The summed E-state index contributed by atoms with van der Waals surface area (Å²) in [6, 6.07) is 1.90. The van der Waals surface area contributed by atoms with Gasteiger partial charge in [-0.1, -0.05) is 62.3 Å². The normalized spacial score (nSPS) is 17.1. The van der Waals surface area contributed by atoms with E-state index in [4.69, 9.17) is 18.3 Å². The van der Waals surface area contributed by atoms with E-state index >= 15 is 0 Å². The molecule has 0 amide bonds. The fourth-order valence-corrected chi connectivity index (χ4v) is 7.31. The molecule has 1 rings (SSSR count). The second kappa shape index (κ2) is 14.6. The number of aromatic hydroxyl groups is 1. The number of phenols is 1. The van der Waals surface area contributed by atoms with Crippen molar-refractivity contribution in [2.45, 2.75) is 137 Å². The molecule has 1 aromatic carbocycles. The van der Waals surface area contributed by atoms with Crippen LogP contribution >= 0.6 is 0 Å². The number of aliphatic hydroxyl groups excluding tert-OH is 1. The molecule has 1 aromatic rings. The highest BCUT2D eigenvalue weighted by atomic mass is 28.4. The molecule has 240 valence electrons. The number of phenolic OH excluding ortho intramolecular Hbond substituents is 1. The lowest BCUT2D eigenvalue weighted by atomic mass is 9.83. The Hall–Kier alpha value is -1.07. The van der Waals surface area contributed by atoms with E-state index in [9.17, 15) is 10.2 Å². The summed E-state index contributed by atoms with van der Waals surface area (Å²) in [4.78, 5) is 0. The lowest BCUT2D eigenvalue weighted by Gasteiger charge is -2.44. The number of hydrogen-bond acceptors (Lipinski definition) is 6. The number of hydrogen-bond donors (Lipinski definition) is 2. The highest BCUT2D eigenvalue weighted by molar-refractivity contribution is 6.74. The van der Waals surface area contributed by atoms with Crippen molar-refractivity contribution < 1.29 is 28.5 Å². The van der Waals surface area contributed by atoms with E-state index < -0.39 is 22.7 Å². The molecule has 0 fully saturated rings. The molecular formula is C33H64O6Si2. The number of ether oxygens (including phenoxy) is 2. The highest BCUT2D eigenvalue weighted by Crippen LogP contribution is 2.43. The van der Waals surface area contributed by atoms with E-state index in [2.05, 4.69) is 88.5 Å². The van der Waals surface area contributed by atoms with Crippen molar-refractivity contribution >= 4 is 16.6 Å². The van der Waals surface area contributed by atoms with Gasteiger partial charge in [-0.05, 0) is 80.4 Å². The molecule has 0 aromatic heterocycles. The Morgan fingerprint density at radius 3 is 1.85 bits per heavy atom. The lowest BCUT2D eigenvalue weighted by Crippen LogP contribution is -2.49. The van der Waals surface area contributed by atoms with Crippen molar-refractivity contribution in [3.8, 4) is 17.2 Å². The molecule has 41 heavy (non-hydrogen) atoms. The summed E-state index contributed by atoms with van der Waals surface area (Å²) >= 11 is 0. The first kappa shape index (κ1) is 38.0. The molecule has 0 aliphatic rings. The molecule has 6 nitrogen and oxygen atoms in total. The minimum Gasteiger partial charge on any atom is -0.504 e. The quantitative estimate of drug-likeness (QED) is 0.193. The third kappa shape index (κ3) is 9.98. The second-order valence-electron chi connectivity index (χ2n) is 15.4. The van der Waals surface area contributed by atoms with Crippen LogP contribution in [0.2, 0.25) is 36.3 Å². The van der Waals surface area contributed by atoms with Gasteiger partial charge in [0.15, 0.2) is 28.1 Å².